The van der Waals surface area contributed by atoms with Crippen LogP contribution in [0, 0.1) is 18.3 Å². The van der Waals surface area contributed by atoms with Crippen LogP contribution in [-0.4, -0.2) is 18.9 Å². The molecule has 0 aromatic carbocycles. The lowest BCUT2D eigenvalue weighted by Crippen LogP contribution is -2.24. The number of terminal acetylenes is 1. The summed E-state index contributed by atoms with van der Waals surface area (Å²) in [7, 11) is 1.21. The summed E-state index contributed by atoms with van der Waals surface area (Å²) >= 11 is 0. The molecule has 0 bridgehead atoms. The van der Waals surface area contributed by atoms with Gasteiger partial charge in [-0.25, -0.2) is 0 Å². The number of ketones is 1. The molecule has 1 aromatic rings. The van der Waals surface area contributed by atoms with Crippen LogP contribution in [0.4, 0.5) is 0 Å². The first kappa shape index (κ1) is 11.1. The third-order valence-electron chi connectivity index (χ3n) is 1.89. The van der Waals surface area contributed by atoms with Crippen molar-refractivity contribution in [1.82, 2.24) is 0 Å². The lowest BCUT2D eigenvalue weighted by atomic mass is 9.99. The van der Waals surface area contributed by atoms with Crippen LogP contribution >= 0.6 is 0 Å². The minimum atomic E-state index is -0.980. The number of rotatable bonds is 4. The molecule has 1 atom stereocenters. The summed E-state index contributed by atoms with van der Waals surface area (Å²) in [4.78, 5) is 23.0. The monoisotopic (exact) mass is 206 g/mol. The van der Waals surface area contributed by atoms with Crippen molar-refractivity contribution in [2.75, 3.05) is 7.11 Å². The molecule has 0 amide bonds. The van der Waals surface area contributed by atoms with Gasteiger partial charge >= 0.3 is 5.97 Å². The molecule has 0 spiro atoms. The van der Waals surface area contributed by atoms with Crippen molar-refractivity contribution in [2.45, 2.75) is 6.42 Å². The molecule has 1 unspecified atom stereocenters. The zero-order valence-electron chi connectivity index (χ0n) is 8.23. The van der Waals surface area contributed by atoms with Gasteiger partial charge in [-0.2, -0.15) is 0 Å². The Balaban J connectivity index is 2.86. The number of esters is 1. The van der Waals surface area contributed by atoms with Gasteiger partial charge in [-0.05, 0) is 12.1 Å². The number of carbonyl (C=O) groups excluding carboxylic acids is 2. The van der Waals surface area contributed by atoms with E-state index < -0.39 is 17.7 Å². The second-order valence-corrected chi connectivity index (χ2v) is 2.83. The normalized spacial score (nSPS) is 11.5. The Hall–Kier alpha value is -2.02. The number of hydrogen-bond acceptors (Lipinski definition) is 4. The van der Waals surface area contributed by atoms with E-state index in [1.54, 1.807) is 6.07 Å². The van der Waals surface area contributed by atoms with Crippen molar-refractivity contribution in [2.24, 2.45) is 5.92 Å². The van der Waals surface area contributed by atoms with Gasteiger partial charge in [0.2, 0.25) is 5.78 Å². The Bertz CT molecular complexity index is 383. The van der Waals surface area contributed by atoms with Gasteiger partial charge in [0, 0.05) is 6.42 Å². The van der Waals surface area contributed by atoms with Crippen molar-refractivity contribution in [3.63, 3.8) is 0 Å². The van der Waals surface area contributed by atoms with E-state index in [0.29, 0.717) is 0 Å². The third-order valence-corrected chi connectivity index (χ3v) is 1.89. The van der Waals surface area contributed by atoms with Crippen LogP contribution in [0.3, 0.4) is 0 Å². The van der Waals surface area contributed by atoms with E-state index in [1.165, 1.54) is 19.4 Å². The number of furan rings is 1. The van der Waals surface area contributed by atoms with Crippen LogP contribution in [-0.2, 0) is 9.53 Å². The standard InChI is InChI=1S/C11H10O4/c1-3-5-8(11(13)14-2)10(12)9-6-4-7-15-9/h1,4,6-8H,5H2,2H3. The van der Waals surface area contributed by atoms with Crippen molar-refractivity contribution in [1.29, 1.82) is 0 Å². The van der Waals surface area contributed by atoms with E-state index in [1.807, 2.05) is 0 Å². The molecule has 0 saturated heterocycles. The Labute approximate surface area is 87.2 Å². The van der Waals surface area contributed by atoms with Crippen molar-refractivity contribution in [3.05, 3.63) is 24.2 Å². The lowest BCUT2D eigenvalue weighted by molar-refractivity contribution is -0.143. The zero-order valence-corrected chi connectivity index (χ0v) is 8.23. The second-order valence-electron chi connectivity index (χ2n) is 2.83. The predicted octanol–water partition coefficient (Wildman–Crippen LogP) is 1.27. The molecular weight excluding hydrogens is 196 g/mol. The fraction of sp³-hybridized carbons (Fsp3) is 0.273. The largest absolute Gasteiger partial charge is 0.468 e. The van der Waals surface area contributed by atoms with Crippen molar-refractivity contribution >= 4 is 11.8 Å². The molecule has 78 valence electrons. The van der Waals surface area contributed by atoms with Gasteiger partial charge in [0.05, 0.1) is 13.4 Å². The Morgan fingerprint density at radius 2 is 2.40 bits per heavy atom. The smallest absolute Gasteiger partial charge is 0.317 e. The number of Topliss-reactive ketones (excluding diaryl/α,β-unsaturated/α-hetero) is 1. The maximum Gasteiger partial charge on any atom is 0.317 e. The van der Waals surface area contributed by atoms with Crippen LogP contribution in [0.15, 0.2) is 22.8 Å². The van der Waals surface area contributed by atoms with E-state index in [-0.39, 0.29) is 12.2 Å². The SMILES string of the molecule is C#CCC(C(=O)OC)C(=O)c1ccco1. The molecule has 0 aliphatic heterocycles. The molecule has 0 aliphatic rings. The molecule has 15 heavy (non-hydrogen) atoms. The summed E-state index contributed by atoms with van der Waals surface area (Å²) in [6.07, 6.45) is 6.44. The molecule has 0 aliphatic carbocycles. The first-order valence-corrected chi connectivity index (χ1v) is 4.29. The Morgan fingerprint density at radius 1 is 1.67 bits per heavy atom. The number of ether oxygens (including phenoxy) is 1. The molecule has 0 radical (unpaired) electrons. The molecular formula is C11H10O4. The summed E-state index contributed by atoms with van der Waals surface area (Å²) in [5, 5.41) is 0. The fourth-order valence-electron chi connectivity index (χ4n) is 1.13. The lowest BCUT2D eigenvalue weighted by Gasteiger charge is -2.08. The van der Waals surface area contributed by atoms with Gasteiger partial charge in [0.1, 0.15) is 5.92 Å². The summed E-state index contributed by atoms with van der Waals surface area (Å²) in [6, 6.07) is 3.05. The predicted molar refractivity (Wildman–Crippen MR) is 52.0 cm³/mol. The molecule has 0 saturated carbocycles. The zero-order chi connectivity index (χ0) is 11.3. The van der Waals surface area contributed by atoms with Gasteiger partial charge in [0.25, 0.3) is 0 Å². The van der Waals surface area contributed by atoms with E-state index in [4.69, 9.17) is 10.8 Å². The van der Waals surface area contributed by atoms with E-state index >= 15 is 0 Å². The van der Waals surface area contributed by atoms with Crippen LogP contribution in [0.1, 0.15) is 17.0 Å². The topological polar surface area (TPSA) is 56.5 Å². The highest BCUT2D eigenvalue weighted by Gasteiger charge is 2.29. The van der Waals surface area contributed by atoms with Crippen molar-refractivity contribution < 1.29 is 18.7 Å². The first-order chi connectivity index (χ1) is 7.20. The molecule has 4 heteroatoms. The highest BCUT2D eigenvalue weighted by Crippen LogP contribution is 2.14. The number of methoxy groups -OCH3 is 1. The summed E-state index contributed by atoms with van der Waals surface area (Å²) in [6.45, 7) is 0. The van der Waals surface area contributed by atoms with Crippen LogP contribution in [0.2, 0.25) is 0 Å². The average molecular weight is 206 g/mol. The molecule has 1 aromatic heterocycles. The quantitative estimate of drug-likeness (QED) is 0.322. The maximum absolute atomic E-state index is 11.7. The Kier molecular flexibility index (Phi) is 3.69. The van der Waals surface area contributed by atoms with Gasteiger partial charge < -0.3 is 9.15 Å². The number of hydrogen-bond donors (Lipinski definition) is 0. The van der Waals surface area contributed by atoms with E-state index in [0.717, 1.165) is 0 Å². The minimum absolute atomic E-state index is 0.00616. The van der Waals surface area contributed by atoms with Crippen LogP contribution in [0.25, 0.3) is 0 Å². The fourth-order valence-corrected chi connectivity index (χ4v) is 1.13. The highest BCUT2D eigenvalue weighted by molar-refractivity contribution is 6.07. The molecule has 1 rings (SSSR count). The maximum atomic E-state index is 11.7. The highest BCUT2D eigenvalue weighted by atomic mass is 16.5. The van der Waals surface area contributed by atoms with Crippen LogP contribution < -0.4 is 0 Å². The summed E-state index contributed by atoms with van der Waals surface area (Å²) in [5.74, 6) is 0.296. The molecule has 0 fully saturated rings. The first-order valence-electron chi connectivity index (χ1n) is 4.29. The average Bonchev–Trinajstić information content (AvgIpc) is 2.77. The molecule has 4 nitrogen and oxygen atoms in total. The third kappa shape index (κ3) is 2.47. The number of carbonyl (C=O) groups is 2. The Morgan fingerprint density at radius 3 is 2.87 bits per heavy atom. The molecule has 1 heterocycles. The van der Waals surface area contributed by atoms with Crippen molar-refractivity contribution in [3.8, 4) is 12.3 Å². The molecule has 0 N–H and O–H groups in total. The van der Waals surface area contributed by atoms with E-state index in [2.05, 4.69) is 10.7 Å². The second kappa shape index (κ2) is 5.01. The van der Waals surface area contributed by atoms with Gasteiger partial charge in [0.15, 0.2) is 5.76 Å². The van der Waals surface area contributed by atoms with E-state index in [9.17, 15) is 9.59 Å². The van der Waals surface area contributed by atoms with Crippen LogP contribution in [0.5, 0.6) is 0 Å². The van der Waals surface area contributed by atoms with Gasteiger partial charge in [-0.3, -0.25) is 9.59 Å². The van der Waals surface area contributed by atoms with Gasteiger partial charge in [-0.1, -0.05) is 0 Å². The summed E-state index contributed by atoms with van der Waals surface area (Å²) in [5.41, 5.74) is 0. The summed E-state index contributed by atoms with van der Waals surface area (Å²) < 4.78 is 9.38. The minimum Gasteiger partial charge on any atom is -0.468 e. The van der Waals surface area contributed by atoms with Gasteiger partial charge in [-0.15, -0.1) is 12.3 Å².